The zero-order chi connectivity index (χ0) is 23.5. The second-order valence-electron chi connectivity index (χ2n) is 6.89. The Morgan fingerprint density at radius 2 is 1.97 bits per heavy atom. The van der Waals surface area contributed by atoms with Gasteiger partial charge in [-0.2, -0.15) is 5.10 Å². The van der Waals surface area contributed by atoms with Crippen molar-refractivity contribution < 1.29 is 13.2 Å². The van der Waals surface area contributed by atoms with Crippen LogP contribution in [0.3, 0.4) is 0 Å². The summed E-state index contributed by atoms with van der Waals surface area (Å²) < 4.78 is 29.0. The molecule has 1 atom stereocenters. The van der Waals surface area contributed by atoms with Gasteiger partial charge in [0.2, 0.25) is 15.9 Å². The number of nitrogens with zero attached hydrogens (tertiary/aromatic N) is 3. The lowest BCUT2D eigenvalue weighted by atomic mass is 10.2. The van der Waals surface area contributed by atoms with E-state index in [1.807, 2.05) is 0 Å². The molecule has 32 heavy (non-hydrogen) atoms. The molecule has 2 N–H and O–H groups in total. The molecule has 2 heterocycles. The Balaban J connectivity index is 1.80. The molecule has 0 spiro atoms. The molecule has 0 radical (unpaired) electrons. The van der Waals surface area contributed by atoms with Gasteiger partial charge >= 0.3 is 0 Å². The maximum absolute atomic E-state index is 12.8. The van der Waals surface area contributed by atoms with Gasteiger partial charge in [-0.15, -0.1) is 0 Å². The Morgan fingerprint density at radius 3 is 2.66 bits per heavy atom. The molecule has 1 aromatic carbocycles. The molecule has 9 nitrogen and oxygen atoms in total. The predicted molar refractivity (Wildman–Crippen MR) is 121 cm³/mol. The zero-order valence-electron chi connectivity index (χ0n) is 17.0. The van der Waals surface area contributed by atoms with Crippen LogP contribution in [0.5, 0.6) is 0 Å². The van der Waals surface area contributed by atoms with E-state index in [4.69, 9.17) is 23.2 Å². The van der Waals surface area contributed by atoms with Crippen LogP contribution in [0.15, 0.2) is 58.6 Å². The third kappa shape index (κ3) is 5.33. The second kappa shape index (κ2) is 9.78. The van der Waals surface area contributed by atoms with E-state index in [2.05, 4.69) is 20.1 Å². The van der Waals surface area contributed by atoms with Crippen molar-refractivity contribution in [3.63, 3.8) is 0 Å². The van der Waals surface area contributed by atoms with Gasteiger partial charge in [0.15, 0.2) is 0 Å². The average Bonchev–Trinajstić information content (AvgIpc) is 2.77. The summed E-state index contributed by atoms with van der Waals surface area (Å²) in [5.74, 6) is -0.589. The molecule has 0 bridgehead atoms. The third-order valence-corrected chi connectivity index (χ3v) is 6.87. The van der Waals surface area contributed by atoms with Gasteiger partial charge in [0, 0.05) is 24.6 Å². The number of carbonyl (C=O) groups excluding carboxylic acids is 1. The van der Waals surface area contributed by atoms with Crippen molar-refractivity contribution in [1.82, 2.24) is 19.5 Å². The standard InChI is InChI=1S/C20H19Cl2N5O4S/c1-12-5-6-15(8-17(12)32(30,31)25-10-14-4-3-7-23-9-14)26-19(28)13(2)27-20(29)18(22)16(21)11-24-27/h3-9,11,13,25H,10H2,1-2H3,(H,26,28). The molecule has 3 rings (SSSR count). The number of pyridine rings is 1. The minimum absolute atomic E-state index is 0.0108. The quantitative estimate of drug-likeness (QED) is 0.519. The fourth-order valence-corrected chi connectivity index (χ4v) is 4.33. The number of benzene rings is 1. The smallest absolute Gasteiger partial charge is 0.287 e. The van der Waals surface area contributed by atoms with E-state index in [9.17, 15) is 18.0 Å². The van der Waals surface area contributed by atoms with E-state index >= 15 is 0 Å². The molecule has 0 aliphatic rings. The van der Waals surface area contributed by atoms with Crippen LogP contribution >= 0.6 is 23.2 Å². The number of rotatable bonds is 7. The van der Waals surface area contributed by atoms with E-state index in [1.54, 1.807) is 43.6 Å². The van der Waals surface area contributed by atoms with E-state index in [0.29, 0.717) is 11.1 Å². The number of hydrogen-bond donors (Lipinski definition) is 2. The van der Waals surface area contributed by atoms with Crippen LogP contribution in [0.25, 0.3) is 0 Å². The van der Waals surface area contributed by atoms with Gasteiger partial charge in [-0.25, -0.2) is 17.8 Å². The highest BCUT2D eigenvalue weighted by Gasteiger charge is 2.22. The summed E-state index contributed by atoms with van der Waals surface area (Å²) in [5, 5.41) is 6.17. The average molecular weight is 496 g/mol. The highest BCUT2D eigenvalue weighted by Crippen LogP contribution is 2.22. The molecular formula is C20H19Cl2N5O4S. The third-order valence-electron chi connectivity index (χ3n) is 4.58. The normalized spacial score (nSPS) is 12.4. The fraction of sp³-hybridized carbons (Fsp3) is 0.200. The molecular weight excluding hydrogens is 477 g/mol. The Kier molecular flexibility index (Phi) is 7.29. The lowest BCUT2D eigenvalue weighted by molar-refractivity contribution is -0.119. The minimum Gasteiger partial charge on any atom is -0.324 e. The van der Waals surface area contributed by atoms with E-state index in [0.717, 1.165) is 4.68 Å². The largest absolute Gasteiger partial charge is 0.324 e. The molecule has 1 amide bonds. The fourth-order valence-electron chi connectivity index (χ4n) is 2.78. The van der Waals surface area contributed by atoms with Crippen molar-refractivity contribution in [1.29, 1.82) is 0 Å². The van der Waals surface area contributed by atoms with Crippen molar-refractivity contribution in [3.8, 4) is 0 Å². The number of nitrogens with one attached hydrogen (secondary N) is 2. The highest BCUT2D eigenvalue weighted by molar-refractivity contribution is 7.89. The summed E-state index contributed by atoms with van der Waals surface area (Å²) in [6.07, 6.45) is 4.32. The molecule has 1 unspecified atom stereocenters. The summed E-state index contributed by atoms with van der Waals surface area (Å²) in [7, 11) is -3.87. The highest BCUT2D eigenvalue weighted by atomic mass is 35.5. The van der Waals surface area contributed by atoms with E-state index in [-0.39, 0.29) is 27.2 Å². The Labute approximate surface area is 194 Å². The van der Waals surface area contributed by atoms with Crippen molar-refractivity contribution in [2.75, 3.05) is 5.32 Å². The van der Waals surface area contributed by atoms with Gasteiger partial charge in [0.1, 0.15) is 11.1 Å². The number of sulfonamides is 1. The molecule has 0 aliphatic carbocycles. The van der Waals surface area contributed by atoms with E-state index < -0.39 is 27.5 Å². The summed E-state index contributed by atoms with van der Waals surface area (Å²) in [6.45, 7) is 3.16. The lowest BCUT2D eigenvalue weighted by Crippen LogP contribution is -2.33. The number of aryl methyl sites for hydroxylation is 1. The first-order chi connectivity index (χ1) is 15.1. The molecule has 0 fully saturated rings. The molecule has 2 aromatic heterocycles. The van der Waals surface area contributed by atoms with Crippen molar-refractivity contribution in [3.05, 3.63) is 80.4 Å². The van der Waals surface area contributed by atoms with Gasteiger partial charge in [-0.1, -0.05) is 35.3 Å². The lowest BCUT2D eigenvalue weighted by Gasteiger charge is -2.16. The van der Waals surface area contributed by atoms with Crippen molar-refractivity contribution in [2.45, 2.75) is 31.3 Å². The van der Waals surface area contributed by atoms with Crippen LogP contribution in [-0.2, 0) is 21.4 Å². The number of aromatic nitrogens is 3. The van der Waals surface area contributed by atoms with Crippen LogP contribution in [0, 0.1) is 6.92 Å². The first-order valence-electron chi connectivity index (χ1n) is 9.33. The molecule has 168 valence electrons. The van der Waals surface area contributed by atoms with Gasteiger partial charge in [0.05, 0.1) is 16.1 Å². The van der Waals surface area contributed by atoms with E-state index in [1.165, 1.54) is 19.2 Å². The summed E-state index contributed by atoms with van der Waals surface area (Å²) in [6, 6.07) is 6.91. The van der Waals surface area contributed by atoms with Crippen molar-refractivity contribution in [2.24, 2.45) is 0 Å². The molecule has 0 saturated carbocycles. The maximum atomic E-state index is 12.8. The van der Waals surface area contributed by atoms with Crippen LogP contribution < -0.4 is 15.6 Å². The van der Waals surface area contributed by atoms with Gasteiger partial charge in [-0.3, -0.25) is 14.6 Å². The number of anilines is 1. The predicted octanol–water partition coefficient (Wildman–Crippen LogP) is 2.93. The maximum Gasteiger partial charge on any atom is 0.287 e. The summed E-state index contributed by atoms with van der Waals surface area (Å²) in [4.78, 5) is 28.8. The Morgan fingerprint density at radius 1 is 1.22 bits per heavy atom. The Hall–Kier alpha value is -2.79. The monoisotopic (exact) mass is 495 g/mol. The topological polar surface area (TPSA) is 123 Å². The first-order valence-corrected chi connectivity index (χ1v) is 11.6. The number of amides is 1. The number of hydrogen-bond acceptors (Lipinski definition) is 6. The first kappa shape index (κ1) is 23.9. The van der Waals surface area contributed by atoms with Gasteiger partial charge in [-0.05, 0) is 43.2 Å². The van der Waals surface area contributed by atoms with Gasteiger partial charge in [0.25, 0.3) is 5.56 Å². The van der Waals surface area contributed by atoms with Crippen LogP contribution in [0.4, 0.5) is 5.69 Å². The number of carbonyl (C=O) groups is 1. The van der Waals surface area contributed by atoms with Gasteiger partial charge < -0.3 is 5.32 Å². The molecule has 0 saturated heterocycles. The molecule has 0 aliphatic heterocycles. The second-order valence-corrected chi connectivity index (χ2v) is 9.41. The molecule has 3 aromatic rings. The van der Waals surface area contributed by atoms with Crippen LogP contribution in [0.1, 0.15) is 24.1 Å². The number of halogens is 2. The minimum atomic E-state index is -3.87. The van der Waals surface area contributed by atoms with Crippen LogP contribution in [-0.4, -0.2) is 29.1 Å². The zero-order valence-corrected chi connectivity index (χ0v) is 19.4. The summed E-state index contributed by atoms with van der Waals surface area (Å²) in [5.41, 5.74) is 0.722. The SMILES string of the molecule is Cc1ccc(NC(=O)C(C)n2ncc(Cl)c(Cl)c2=O)cc1S(=O)(=O)NCc1cccnc1. The molecule has 12 heteroatoms. The Bertz CT molecular complexity index is 1310. The van der Waals surface area contributed by atoms with Crippen LogP contribution in [0.2, 0.25) is 10.0 Å². The summed E-state index contributed by atoms with van der Waals surface area (Å²) >= 11 is 11.6. The van der Waals surface area contributed by atoms with Crippen molar-refractivity contribution >= 4 is 44.8 Å².